The molecule has 102 valence electrons. The Labute approximate surface area is 114 Å². The second-order valence-corrected chi connectivity index (χ2v) is 6.00. The molecule has 2 N–H and O–H groups in total. The molecule has 3 heteroatoms. The topological polar surface area (TPSA) is 41.1 Å². The summed E-state index contributed by atoms with van der Waals surface area (Å²) in [6, 6.07) is 8.60. The van der Waals surface area contributed by atoms with Crippen LogP contribution in [0.4, 0.5) is 0 Å². The lowest BCUT2D eigenvalue weighted by atomic mass is 9.95. The molecule has 2 atom stereocenters. The second-order valence-electron chi connectivity index (χ2n) is 6.00. The van der Waals surface area contributed by atoms with Crippen molar-refractivity contribution >= 4 is 5.91 Å². The van der Waals surface area contributed by atoms with E-state index in [4.69, 9.17) is 0 Å². The highest BCUT2D eigenvalue weighted by molar-refractivity contribution is 5.82. The standard InChI is InChI=1S/C16H22N2O/c1-11(8-12-6-7-12)18-16(19)15-9-13-4-2-3-5-14(13)10-17-15/h2-5,11-12,15,17H,6-10H2,1H3,(H,18,19)/t11-,15-/m1/s1. The molecule has 19 heavy (non-hydrogen) atoms. The molecule has 1 aliphatic heterocycles. The molecule has 1 fully saturated rings. The van der Waals surface area contributed by atoms with E-state index < -0.39 is 0 Å². The zero-order valence-electron chi connectivity index (χ0n) is 11.5. The van der Waals surface area contributed by atoms with Gasteiger partial charge >= 0.3 is 0 Å². The first-order valence-electron chi connectivity index (χ1n) is 7.33. The maximum Gasteiger partial charge on any atom is 0.237 e. The summed E-state index contributed by atoms with van der Waals surface area (Å²) < 4.78 is 0. The predicted molar refractivity (Wildman–Crippen MR) is 75.7 cm³/mol. The van der Waals surface area contributed by atoms with Crippen molar-refractivity contribution in [1.82, 2.24) is 10.6 Å². The van der Waals surface area contributed by atoms with E-state index in [9.17, 15) is 4.79 Å². The van der Waals surface area contributed by atoms with Crippen molar-refractivity contribution in [1.29, 1.82) is 0 Å². The maximum absolute atomic E-state index is 12.2. The highest BCUT2D eigenvalue weighted by atomic mass is 16.2. The highest BCUT2D eigenvalue weighted by Crippen LogP contribution is 2.33. The number of carbonyl (C=O) groups excluding carboxylic acids is 1. The molecule has 1 aromatic carbocycles. The number of hydrogen-bond donors (Lipinski definition) is 2. The monoisotopic (exact) mass is 258 g/mol. The molecule has 0 spiro atoms. The van der Waals surface area contributed by atoms with E-state index in [1.807, 2.05) is 0 Å². The van der Waals surface area contributed by atoms with Gasteiger partial charge in [-0.1, -0.05) is 37.1 Å². The van der Waals surface area contributed by atoms with Crippen LogP contribution < -0.4 is 10.6 Å². The van der Waals surface area contributed by atoms with Gasteiger partial charge in [-0.15, -0.1) is 0 Å². The molecule has 1 saturated carbocycles. The average Bonchev–Trinajstić information content (AvgIpc) is 3.21. The molecule has 0 saturated heterocycles. The van der Waals surface area contributed by atoms with Crippen LogP contribution in [0.2, 0.25) is 0 Å². The molecule has 1 amide bonds. The van der Waals surface area contributed by atoms with Crippen molar-refractivity contribution in [3.8, 4) is 0 Å². The third-order valence-corrected chi connectivity index (χ3v) is 4.17. The average molecular weight is 258 g/mol. The van der Waals surface area contributed by atoms with Crippen LogP contribution in [0.3, 0.4) is 0 Å². The van der Waals surface area contributed by atoms with Gasteiger partial charge in [-0.3, -0.25) is 4.79 Å². The lowest BCUT2D eigenvalue weighted by Crippen LogP contribution is -2.49. The lowest BCUT2D eigenvalue weighted by Gasteiger charge is -2.26. The van der Waals surface area contributed by atoms with E-state index in [1.54, 1.807) is 0 Å². The fourth-order valence-electron chi connectivity index (χ4n) is 2.90. The number of amides is 1. The Bertz CT molecular complexity index is 468. The molecule has 0 aromatic heterocycles. The normalized spacial score (nSPS) is 23.5. The predicted octanol–water partition coefficient (Wildman–Crippen LogP) is 2.01. The van der Waals surface area contributed by atoms with Gasteiger partial charge in [0.25, 0.3) is 0 Å². The molecule has 0 unspecified atom stereocenters. The Balaban J connectivity index is 1.56. The molecule has 1 aromatic rings. The van der Waals surface area contributed by atoms with Crippen LogP contribution in [0.15, 0.2) is 24.3 Å². The molecule has 1 heterocycles. The van der Waals surface area contributed by atoms with E-state index in [2.05, 4.69) is 41.8 Å². The van der Waals surface area contributed by atoms with E-state index in [0.29, 0.717) is 6.04 Å². The summed E-state index contributed by atoms with van der Waals surface area (Å²) in [7, 11) is 0. The summed E-state index contributed by atoms with van der Waals surface area (Å²) in [5.74, 6) is 1.01. The molecule has 3 nitrogen and oxygen atoms in total. The second kappa shape index (κ2) is 5.33. The largest absolute Gasteiger partial charge is 0.352 e. The Morgan fingerprint density at radius 1 is 1.37 bits per heavy atom. The Morgan fingerprint density at radius 3 is 2.84 bits per heavy atom. The maximum atomic E-state index is 12.2. The zero-order valence-corrected chi connectivity index (χ0v) is 11.5. The summed E-state index contributed by atoms with van der Waals surface area (Å²) >= 11 is 0. The summed E-state index contributed by atoms with van der Waals surface area (Å²) in [5, 5.41) is 6.49. The summed E-state index contributed by atoms with van der Waals surface area (Å²) in [6.07, 6.45) is 4.62. The fourth-order valence-corrected chi connectivity index (χ4v) is 2.90. The van der Waals surface area contributed by atoms with Crippen molar-refractivity contribution in [2.24, 2.45) is 5.92 Å². The number of hydrogen-bond acceptors (Lipinski definition) is 2. The van der Waals surface area contributed by atoms with Gasteiger partial charge in [0, 0.05) is 12.6 Å². The van der Waals surface area contributed by atoms with Gasteiger partial charge < -0.3 is 10.6 Å². The highest BCUT2D eigenvalue weighted by Gasteiger charge is 2.27. The minimum atomic E-state index is -0.0726. The van der Waals surface area contributed by atoms with Crippen molar-refractivity contribution < 1.29 is 4.79 Å². The van der Waals surface area contributed by atoms with E-state index in [-0.39, 0.29) is 11.9 Å². The Morgan fingerprint density at radius 2 is 2.11 bits per heavy atom. The molecular weight excluding hydrogens is 236 g/mol. The third-order valence-electron chi connectivity index (χ3n) is 4.17. The molecule has 1 aliphatic carbocycles. The molecule has 2 aliphatic rings. The van der Waals surface area contributed by atoms with Crippen LogP contribution in [0.25, 0.3) is 0 Å². The van der Waals surface area contributed by atoms with Gasteiger partial charge in [-0.2, -0.15) is 0 Å². The summed E-state index contributed by atoms with van der Waals surface area (Å²) in [4.78, 5) is 12.2. The summed E-state index contributed by atoms with van der Waals surface area (Å²) in [6.45, 7) is 2.91. The minimum Gasteiger partial charge on any atom is -0.352 e. The molecule has 0 bridgehead atoms. The van der Waals surface area contributed by atoms with Crippen LogP contribution >= 0.6 is 0 Å². The van der Waals surface area contributed by atoms with Gasteiger partial charge in [0.05, 0.1) is 6.04 Å². The van der Waals surface area contributed by atoms with Crippen LogP contribution in [0, 0.1) is 5.92 Å². The zero-order chi connectivity index (χ0) is 13.2. The Kier molecular flexibility index (Phi) is 3.56. The first-order valence-corrected chi connectivity index (χ1v) is 7.33. The third kappa shape index (κ3) is 3.16. The number of carbonyl (C=O) groups is 1. The van der Waals surface area contributed by atoms with Crippen molar-refractivity contribution in [2.45, 2.75) is 51.2 Å². The number of rotatable bonds is 4. The Hall–Kier alpha value is -1.35. The first-order chi connectivity index (χ1) is 9.22. The minimum absolute atomic E-state index is 0.0726. The van der Waals surface area contributed by atoms with Gasteiger partial charge in [0.1, 0.15) is 0 Å². The molecular formula is C16H22N2O. The lowest BCUT2D eigenvalue weighted by molar-refractivity contribution is -0.124. The van der Waals surface area contributed by atoms with E-state index in [0.717, 1.165) is 25.3 Å². The van der Waals surface area contributed by atoms with Gasteiger partial charge in [-0.05, 0) is 36.8 Å². The van der Waals surface area contributed by atoms with E-state index in [1.165, 1.54) is 24.0 Å². The molecule has 0 radical (unpaired) electrons. The molecule has 3 rings (SSSR count). The van der Waals surface area contributed by atoms with Crippen molar-refractivity contribution in [3.63, 3.8) is 0 Å². The van der Waals surface area contributed by atoms with Gasteiger partial charge in [-0.25, -0.2) is 0 Å². The summed E-state index contributed by atoms with van der Waals surface area (Å²) in [5.41, 5.74) is 2.62. The van der Waals surface area contributed by atoms with Crippen LogP contribution in [-0.4, -0.2) is 18.0 Å². The number of benzene rings is 1. The van der Waals surface area contributed by atoms with Crippen LogP contribution in [0.5, 0.6) is 0 Å². The van der Waals surface area contributed by atoms with Crippen molar-refractivity contribution in [3.05, 3.63) is 35.4 Å². The van der Waals surface area contributed by atoms with Crippen LogP contribution in [0.1, 0.15) is 37.3 Å². The van der Waals surface area contributed by atoms with Gasteiger partial charge in [0.2, 0.25) is 5.91 Å². The first kappa shape index (κ1) is 12.7. The number of nitrogens with one attached hydrogen (secondary N) is 2. The quantitative estimate of drug-likeness (QED) is 0.867. The SMILES string of the molecule is C[C@H](CC1CC1)NC(=O)[C@H]1Cc2ccccc2CN1. The fraction of sp³-hybridized carbons (Fsp3) is 0.562. The van der Waals surface area contributed by atoms with Gasteiger partial charge in [0.15, 0.2) is 0 Å². The smallest absolute Gasteiger partial charge is 0.237 e. The van der Waals surface area contributed by atoms with Crippen molar-refractivity contribution in [2.75, 3.05) is 0 Å². The van der Waals surface area contributed by atoms with Crippen LogP contribution in [-0.2, 0) is 17.8 Å². The number of fused-ring (bicyclic) bond motifs is 1. The van der Waals surface area contributed by atoms with E-state index >= 15 is 0 Å².